The molecule has 0 atom stereocenters. The number of nitrogens with zero attached hydrogens (tertiary/aromatic N) is 5. The van der Waals surface area contributed by atoms with Gasteiger partial charge in [0.1, 0.15) is 12.2 Å². The van der Waals surface area contributed by atoms with Crippen LogP contribution in [0.1, 0.15) is 17.2 Å². The first-order valence-corrected chi connectivity index (χ1v) is 7.07. The molecular weight excluding hydrogens is 274 g/mol. The molecule has 0 saturated heterocycles. The minimum Gasteiger partial charge on any atom is -0.320 e. The van der Waals surface area contributed by atoms with Crippen LogP contribution in [0.2, 0.25) is 0 Å². The molecule has 20 heavy (non-hydrogen) atoms. The second kappa shape index (κ2) is 5.25. The Morgan fingerprint density at radius 1 is 1.25 bits per heavy atom. The SMILES string of the molecule is Cc1ccc2c(c1)nc(CCCl)n2Cc1nncn1C. The van der Waals surface area contributed by atoms with Crippen molar-refractivity contribution >= 4 is 22.6 Å². The van der Waals surface area contributed by atoms with Gasteiger partial charge in [0.2, 0.25) is 0 Å². The predicted molar refractivity (Wildman–Crippen MR) is 79.0 cm³/mol. The van der Waals surface area contributed by atoms with Crippen molar-refractivity contribution in [2.75, 3.05) is 5.88 Å². The van der Waals surface area contributed by atoms with Gasteiger partial charge in [0.25, 0.3) is 0 Å². The summed E-state index contributed by atoms with van der Waals surface area (Å²) in [6.45, 7) is 2.73. The molecule has 0 bridgehead atoms. The summed E-state index contributed by atoms with van der Waals surface area (Å²) >= 11 is 5.89. The Balaban J connectivity index is 2.11. The van der Waals surface area contributed by atoms with Crippen LogP contribution in [-0.4, -0.2) is 30.2 Å². The molecule has 0 aliphatic rings. The second-order valence-electron chi connectivity index (χ2n) is 4.90. The Morgan fingerprint density at radius 2 is 2.10 bits per heavy atom. The maximum absolute atomic E-state index is 5.89. The molecule has 0 unspecified atom stereocenters. The van der Waals surface area contributed by atoms with E-state index < -0.39 is 0 Å². The first-order valence-electron chi connectivity index (χ1n) is 6.53. The minimum atomic E-state index is 0.557. The third-order valence-corrected chi connectivity index (χ3v) is 3.59. The van der Waals surface area contributed by atoms with Crippen LogP contribution in [-0.2, 0) is 20.0 Å². The highest BCUT2D eigenvalue weighted by Crippen LogP contribution is 2.19. The topological polar surface area (TPSA) is 48.5 Å². The highest BCUT2D eigenvalue weighted by Gasteiger charge is 2.13. The Bertz CT molecular complexity index is 743. The van der Waals surface area contributed by atoms with Crippen molar-refractivity contribution in [1.82, 2.24) is 24.3 Å². The lowest BCUT2D eigenvalue weighted by Gasteiger charge is -2.08. The smallest absolute Gasteiger partial charge is 0.152 e. The molecule has 0 fully saturated rings. The fraction of sp³-hybridized carbons (Fsp3) is 0.357. The third kappa shape index (κ3) is 2.29. The largest absolute Gasteiger partial charge is 0.320 e. The predicted octanol–water partition coefficient (Wildman–Crippen LogP) is 2.30. The number of benzene rings is 1. The summed E-state index contributed by atoms with van der Waals surface area (Å²) in [6.07, 6.45) is 2.45. The fourth-order valence-electron chi connectivity index (χ4n) is 2.33. The van der Waals surface area contributed by atoms with E-state index in [0.717, 1.165) is 29.1 Å². The lowest BCUT2D eigenvalue weighted by atomic mass is 10.2. The zero-order valence-electron chi connectivity index (χ0n) is 11.5. The van der Waals surface area contributed by atoms with Gasteiger partial charge >= 0.3 is 0 Å². The van der Waals surface area contributed by atoms with Gasteiger partial charge in [0, 0.05) is 19.3 Å². The molecule has 104 valence electrons. The van der Waals surface area contributed by atoms with Crippen molar-refractivity contribution < 1.29 is 0 Å². The van der Waals surface area contributed by atoms with Crippen molar-refractivity contribution in [3.63, 3.8) is 0 Å². The molecule has 1 aromatic carbocycles. The molecule has 0 aliphatic heterocycles. The number of aryl methyl sites for hydroxylation is 3. The van der Waals surface area contributed by atoms with Crippen molar-refractivity contribution in [1.29, 1.82) is 0 Å². The highest BCUT2D eigenvalue weighted by molar-refractivity contribution is 6.17. The van der Waals surface area contributed by atoms with Crippen molar-refractivity contribution in [3.05, 3.63) is 41.7 Å². The van der Waals surface area contributed by atoms with E-state index in [1.54, 1.807) is 6.33 Å². The summed E-state index contributed by atoms with van der Waals surface area (Å²) in [7, 11) is 1.94. The molecule has 2 heterocycles. The molecule has 0 radical (unpaired) electrons. The molecule has 0 aliphatic carbocycles. The molecule has 0 amide bonds. The molecule has 0 N–H and O–H groups in total. The average Bonchev–Trinajstić information content (AvgIpc) is 2.96. The molecule has 3 rings (SSSR count). The summed E-state index contributed by atoms with van der Waals surface area (Å²) in [5.74, 6) is 2.45. The van der Waals surface area contributed by atoms with Gasteiger partial charge in [-0.25, -0.2) is 4.98 Å². The maximum Gasteiger partial charge on any atom is 0.152 e. The van der Waals surface area contributed by atoms with Crippen LogP contribution in [0.5, 0.6) is 0 Å². The van der Waals surface area contributed by atoms with Crippen molar-refractivity contribution in [2.24, 2.45) is 7.05 Å². The van der Waals surface area contributed by atoms with E-state index in [1.165, 1.54) is 5.56 Å². The third-order valence-electron chi connectivity index (χ3n) is 3.41. The monoisotopic (exact) mass is 289 g/mol. The standard InChI is InChI=1S/C14H16ClN5/c1-10-3-4-12-11(7-10)17-13(5-6-15)20(12)8-14-18-16-9-19(14)2/h3-4,7,9H,5-6,8H2,1-2H3. The minimum absolute atomic E-state index is 0.557. The molecular formula is C14H16ClN5. The van der Waals surface area contributed by atoms with Crippen LogP contribution in [0, 0.1) is 6.92 Å². The van der Waals surface area contributed by atoms with Crippen LogP contribution in [0.15, 0.2) is 24.5 Å². The van der Waals surface area contributed by atoms with Crippen LogP contribution in [0.3, 0.4) is 0 Å². The molecule has 6 heteroatoms. The number of halogens is 1. The number of imidazole rings is 1. The van der Waals surface area contributed by atoms with Gasteiger partial charge in [-0.3, -0.25) is 0 Å². The zero-order chi connectivity index (χ0) is 14.1. The normalized spacial score (nSPS) is 11.3. The number of alkyl halides is 1. The number of hydrogen-bond donors (Lipinski definition) is 0. The van der Waals surface area contributed by atoms with Crippen LogP contribution < -0.4 is 0 Å². The fourth-order valence-corrected chi connectivity index (χ4v) is 2.50. The summed E-state index contributed by atoms with van der Waals surface area (Å²) in [5, 5.41) is 8.07. The first kappa shape index (κ1) is 13.1. The van der Waals surface area contributed by atoms with E-state index in [1.807, 2.05) is 11.6 Å². The second-order valence-corrected chi connectivity index (χ2v) is 5.28. The van der Waals surface area contributed by atoms with Crippen LogP contribution >= 0.6 is 11.6 Å². The molecule has 3 aromatic rings. The van der Waals surface area contributed by atoms with E-state index >= 15 is 0 Å². The van der Waals surface area contributed by atoms with E-state index in [-0.39, 0.29) is 0 Å². The number of rotatable bonds is 4. The van der Waals surface area contributed by atoms with Crippen molar-refractivity contribution in [2.45, 2.75) is 19.9 Å². The Hall–Kier alpha value is -1.88. The Labute approximate surface area is 122 Å². The summed E-state index contributed by atoms with van der Waals surface area (Å²) < 4.78 is 4.09. The van der Waals surface area contributed by atoms with Crippen LogP contribution in [0.4, 0.5) is 0 Å². The quantitative estimate of drug-likeness (QED) is 0.693. The Kier molecular flexibility index (Phi) is 3.44. The lowest BCUT2D eigenvalue weighted by molar-refractivity contribution is 0.680. The van der Waals surface area contributed by atoms with Gasteiger partial charge in [-0.05, 0) is 24.6 Å². The Morgan fingerprint density at radius 3 is 2.80 bits per heavy atom. The summed E-state index contributed by atoms with van der Waals surface area (Å²) in [4.78, 5) is 4.69. The molecule has 0 saturated carbocycles. The van der Waals surface area contributed by atoms with Gasteiger partial charge in [-0.15, -0.1) is 21.8 Å². The van der Waals surface area contributed by atoms with Gasteiger partial charge in [0.05, 0.1) is 17.6 Å². The summed E-state index contributed by atoms with van der Waals surface area (Å²) in [6, 6.07) is 6.30. The first-order chi connectivity index (χ1) is 9.69. The number of aromatic nitrogens is 5. The number of fused-ring (bicyclic) bond motifs is 1. The van der Waals surface area contributed by atoms with Gasteiger partial charge in [-0.2, -0.15) is 0 Å². The average molecular weight is 290 g/mol. The van der Waals surface area contributed by atoms with E-state index in [2.05, 4.69) is 39.9 Å². The molecule has 2 aromatic heterocycles. The van der Waals surface area contributed by atoms with Crippen molar-refractivity contribution in [3.8, 4) is 0 Å². The highest BCUT2D eigenvalue weighted by atomic mass is 35.5. The van der Waals surface area contributed by atoms with Gasteiger partial charge < -0.3 is 9.13 Å². The molecule has 0 spiro atoms. The van der Waals surface area contributed by atoms with E-state index in [9.17, 15) is 0 Å². The summed E-state index contributed by atoms with van der Waals surface area (Å²) in [5.41, 5.74) is 3.32. The molecule has 5 nitrogen and oxygen atoms in total. The van der Waals surface area contributed by atoms with Gasteiger partial charge in [0.15, 0.2) is 5.82 Å². The number of hydrogen-bond acceptors (Lipinski definition) is 3. The van der Waals surface area contributed by atoms with E-state index in [0.29, 0.717) is 12.4 Å². The van der Waals surface area contributed by atoms with Gasteiger partial charge in [-0.1, -0.05) is 6.07 Å². The van der Waals surface area contributed by atoms with E-state index in [4.69, 9.17) is 16.6 Å². The lowest BCUT2D eigenvalue weighted by Crippen LogP contribution is -2.09. The maximum atomic E-state index is 5.89. The van der Waals surface area contributed by atoms with Crippen LogP contribution in [0.25, 0.3) is 11.0 Å². The zero-order valence-corrected chi connectivity index (χ0v) is 12.3.